The van der Waals surface area contributed by atoms with Crippen LogP contribution in [-0.2, 0) is 13.1 Å². The van der Waals surface area contributed by atoms with Gasteiger partial charge in [0.25, 0.3) is 0 Å². The predicted octanol–water partition coefficient (Wildman–Crippen LogP) is 2.03. The summed E-state index contributed by atoms with van der Waals surface area (Å²) < 4.78 is 13.0. The van der Waals surface area contributed by atoms with Crippen LogP contribution in [0.15, 0.2) is 42.7 Å². The molecule has 18 heavy (non-hydrogen) atoms. The van der Waals surface area contributed by atoms with Gasteiger partial charge in [-0.15, -0.1) is 0 Å². The van der Waals surface area contributed by atoms with E-state index in [9.17, 15) is 0 Å². The van der Waals surface area contributed by atoms with Crippen LogP contribution in [0.5, 0.6) is 11.5 Å². The molecule has 0 saturated carbocycles. The van der Waals surface area contributed by atoms with Crippen molar-refractivity contribution in [1.82, 2.24) is 4.57 Å². The maximum atomic E-state index is 5.70. The number of aromatic nitrogens is 1. The minimum atomic E-state index is 0.570. The number of hydrogen-bond acceptors (Lipinski definition) is 3. The van der Waals surface area contributed by atoms with Crippen molar-refractivity contribution >= 4 is 0 Å². The van der Waals surface area contributed by atoms with Gasteiger partial charge in [-0.1, -0.05) is 12.1 Å². The van der Waals surface area contributed by atoms with Crippen LogP contribution >= 0.6 is 0 Å². The molecule has 0 unspecified atom stereocenters. The maximum Gasteiger partial charge on any atom is 0.161 e. The normalized spacial score (nSPS) is 10.3. The van der Waals surface area contributed by atoms with Crippen molar-refractivity contribution in [3.63, 3.8) is 0 Å². The Hall–Kier alpha value is -1.94. The van der Waals surface area contributed by atoms with Gasteiger partial charge in [0.05, 0.1) is 13.7 Å². The van der Waals surface area contributed by atoms with Crippen LogP contribution in [0.25, 0.3) is 0 Å². The number of ether oxygens (including phenoxy) is 2. The molecular formula is C14H18N2O2. The highest BCUT2D eigenvalue weighted by molar-refractivity contribution is 5.39. The third-order valence-electron chi connectivity index (χ3n) is 2.72. The summed E-state index contributed by atoms with van der Waals surface area (Å²) in [5, 5.41) is 0. The monoisotopic (exact) mass is 246 g/mol. The number of nitrogens with two attached hydrogens (primary N) is 1. The van der Waals surface area contributed by atoms with Crippen molar-refractivity contribution in [1.29, 1.82) is 0 Å². The standard InChI is InChI=1S/C14H18N2O2/c1-17-13-4-2-3-5-14(13)18-9-8-16-7-6-12(10-15)11-16/h2-7,11H,8-10,15H2,1H3. The van der Waals surface area contributed by atoms with Crippen LogP contribution in [0.4, 0.5) is 0 Å². The molecule has 2 N–H and O–H groups in total. The lowest BCUT2D eigenvalue weighted by atomic mass is 10.3. The van der Waals surface area contributed by atoms with Gasteiger partial charge in [-0.25, -0.2) is 0 Å². The lowest BCUT2D eigenvalue weighted by Crippen LogP contribution is -2.07. The topological polar surface area (TPSA) is 49.4 Å². The number of para-hydroxylation sites is 2. The maximum absolute atomic E-state index is 5.70. The zero-order chi connectivity index (χ0) is 12.8. The van der Waals surface area contributed by atoms with E-state index >= 15 is 0 Å². The summed E-state index contributed by atoms with van der Waals surface area (Å²) in [6.07, 6.45) is 4.04. The minimum Gasteiger partial charge on any atom is -0.493 e. The highest BCUT2D eigenvalue weighted by atomic mass is 16.5. The molecule has 0 radical (unpaired) electrons. The highest BCUT2D eigenvalue weighted by Crippen LogP contribution is 2.25. The quantitative estimate of drug-likeness (QED) is 0.848. The Balaban J connectivity index is 1.88. The van der Waals surface area contributed by atoms with Crippen molar-refractivity contribution in [3.8, 4) is 11.5 Å². The second kappa shape index (κ2) is 6.12. The van der Waals surface area contributed by atoms with Crippen molar-refractivity contribution in [2.45, 2.75) is 13.1 Å². The molecule has 1 aromatic heterocycles. The van der Waals surface area contributed by atoms with Crippen LogP contribution < -0.4 is 15.2 Å². The van der Waals surface area contributed by atoms with E-state index < -0.39 is 0 Å². The lowest BCUT2D eigenvalue weighted by Gasteiger charge is -2.10. The van der Waals surface area contributed by atoms with E-state index in [1.165, 1.54) is 0 Å². The first-order chi connectivity index (χ1) is 8.83. The summed E-state index contributed by atoms with van der Waals surface area (Å²) in [5.41, 5.74) is 6.69. The minimum absolute atomic E-state index is 0.570. The van der Waals surface area contributed by atoms with E-state index in [1.807, 2.05) is 42.7 Å². The van der Waals surface area contributed by atoms with E-state index in [4.69, 9.17) is 15.2 Å². The summed E-state index contributed by atoms with van der Waals surface area (Å²) in [4.78, 5) is 0. The molecular weight excluding hydrogens is 228 g/mol. The van der Waals surface area contributed by atoms with E-state index in [2.05, 4.69) is 4.57 Å². The molecule has 0 aliphatic carbocycles. The van der Waals surface area contributed by atoms with Gasteiger partial charge in [0.15, 0.2) is 11.5 Å². The summed E-state index contributed by atoms with van der Waals surface area (Å²) in [5.74, 6) is 1.53. The molecule has 0 saturated heterocycles. The van der Waals surface area contributed by atoms with Crippen LogP contribution in [-0.4, -0.2) is 18.3 Å². The molecule has 0 bridgehead atoms. The molecule has 0 spiro atoms. The largest absolute Gasteiger partial charge is 0.493 e. The van der Waals surface area contributed by atoms with Gasteiger partial charge in [-0.2, -0.15) is 0 Å². The van der Waals surface area contributed by atoms with E-state index in [0.29, 0.717) is 13.2 Å². The number of rotatable bonds is 6. The van der Waals surface area contributed by atoms with E-state index in [1.54, 1.807) is 7.11 Å². The lowest BCUT2D eigenvalue weighted by molar-refractivity contribution is 0.280. The molecule has 0 fully saturated rings. The summed E-state index contributed by atoms with van der Waals surface area (Å²) >= 11 is 0. The Morgan fingerprint density at radius 2 is 1.94 bits per heavy atom. The number of methoxy groups -OCH3 is 1. The SMILES string of the molecule is COc1ccccc1OCCn1ccc(CN)c1. The zero-order valence-electron chi connectivity index (χ0n) is 10.5. The molecule has 96 valence electrons. The molecule has 2 rings (SSSR count). The highest BCUT2D eigenvalue weighted by Gasteiger charge is 2.02. The first kappa shape index (κ1) is 12.5. The van der Waals surface area contributed by atoms with Crippen LogP contribution in [0.3, 0.4) is 0 Å². The smallest absolute Gasteiger partial charge is 0.161 e. The van der Waals surface area contributed by atoms with Gasteiger partial charge >= 0.3 is 0 Å². The summed E-state index contributed by atoms with van der Waals surface area (Å²) in [6, 6.07) is 9.66. The number of hydrogen-bond donors (Lipinski definition) is 1. The van der Waals surface area contributed by atoms with Gasteiger partial charge < -0.3 is 19.8 Å². The molecule has 0 aliphatic heterocycles. The van der Waals surface area contributed by atoms with Gasteiger partial charge in [0, 0.05) is 18.9 Å². The fourth-order valence-corrected chi connectivity index (χ4v) is 1.75. The van der Waals surface area contributed by atoms with Crippen molar-refractivity contribution in [3.05, 3.63) is 48.3 Å². The van der Waals surface area contributed by atoms with Crippen molar-refractivity contribution in [2.24, 2.45) is 5.73 Å². The molecule has 4 heteroatoms. The van der Waals surface area contributed by atoms with Gasteiger partial charge in [0.2, 0.25) is 0 Å². The van der Waals surface area contributed by atoms with Crippen LogP contribution in [0.1, 0.15) is 5.56 Å². The molecule has 1 aromatic carbocycles. The molecule has 0 atom stereocenters. The Kier molecular flexibility index (Phi) is 4.25. The van der Waals surface area contributed by atoms with Crippen molar-refractivity contribution in [2.75, 3.05) is 13.7 Å². The Labute approximate surface area is 107 Å². The number of benzene rings is 1. The molecule has 1 heterocycles. The summed E-state index contributed by atoms with van der Waals surface area (Å²) in [6.45, 7) is 1.96. The summed E-state index contributed by atoms with van der Waals surface area (Å²) in [7, 11) is 1.64. The third-order valence-corrected chi connectivity index (χ3v) is 2.72. The molecule has 4 nitrogen and oxygen atoms in total. The van der Waals surface area contributed by atoms with Crippen molar-refractivity contribution < 1.29 is 9.47 Å². The Morgan fingerprint density at radius 3 is 2.61 bits per heavy atom. The van der Waals surface area contributed by atoms with Crippen LogP contribution in [0, 0.1) is 0 Å². The van der Waals surface area contributed by atoms with Gasteiger partial charge in [-0.05, 0) is 23.8 Å². The Morgan fingerprint density at radius 1 is 1.17 bits per heavy atom. The fraction of sp³-hybridized carbons (Fsp3) is 0.286. The average Bonchev–Trinajstić information content (AvgIpc) is 2.87. The predicted molar refractivity (Wildman–Crippen MR) is 70.8 cm³/mol. The first-order valence-corrected chi connectivity index (χ1v) is 5.94. The Bertz CT molecular complexity index is 494. The zero-order valence-corrected chi connectivity index (χ0v) is 10.5. The first-order valence-electron chi connectivity index (χ1n) is 5.94. The second-order valence-electron chi connectivity index (χ2n) is 3.96. The van der Waals surface area contributed by atoms with E-state index in [0.717, 1.165) is 23.6 Å². The second-order valence-corrected chi connectivity index (χ2v) is 3.96. The van der Waals surface area contributed by atoms with Gasteiger partial charge in [0.1, 0.15) is 6.61 Å². The number of nitrogens with zero attached hydrogens (tertiary/aromatic N) is 1. The van der Waals surface area contributed by atoms with Crippen LogP contribution in [0.2, 0.25) is 0 Å². The fourth-order valence-electron chi connectivity index (χ4n) is 1.75. The molecule has 0 amide bonds. The van der Waals surface area contributed by atoms with Gasteiger partial charge in [-0.3, -0.25) is 0 Å². The molecule has 2 aromatic rings. The average molecular weight is 246 g/mol. The molecule has 0 aliphatic rings. The third kappa shape index (κ3) is 3.05. The van der Waals surface area contributed by atoms with E-state index in [-0.39, 0.29) is 0 Å².